The smallest absolute Gasteiger partial charge is 0.283 e. The van der Waals surface area contributed by atoms with Gasteiger partial charge in [-0.25, -0.2) is 4.90 Å². The van der Waals surface area contributed by atoms with Gasteiger partial charge in [0.25, 0.3) is 17.7 Å². The van der Waals surface area contributed by atoms with E-state index in [4.69, 9.17) is 11.6 Å². The number of nitrogens with zero attached hydrogens (tertiary/aromatic N) is 1. The Morgan fingerprint density at radius 2 is 1.65 bits per heavy atom. The van der Waals surface area contributed by atoms with E-state index in [9.17, 15) is 14.4 Å². The Hall–Kier alpha value is -3.12. The van der Waals surface area contributed by atoms with Gasteiger partial charge in [-0.1, -0.05) is 30.5 Å². The first-order chi connectivity index (χ1) is 14.8. The van der Waals surface area contributed by atoms with E-state index in [0.717, 1.165) is 41.7 Å². The number of nitrogens with one attached hydrogen (secondary N) is 2. The quantitative estimate of drug-likeness (QED) is 0.679. The van der Waals surface area contributed by atoms with E-state index in [0.29, 0.717) is 16.9 Å². The second-order valence-electron chi connectivity index (χ2n) is 8.06. The van der Waals surface area contributed by atoms with E-state index in [1.807, 2.05) is 19.9 Å². The first kappa shape index (κ1) is 21.1. The molecule has 2 aromatic rings. The summed E-state index contributed by atoms with van der Waals surface area (Å²) in [4.78, 5) is 39.0. The van der Waals surface area contributed by atoms with Crippen LogP contribution >= 0.6 is 11.6 Å². The minimum absolute atomic E-state index is 0.0213. The fourth-order valence-electron chi connectivity index (χ4n) is 3.90. The largest absolute Gasteiger partial charge is 0.350 e. The van der Waals surface area contributed by atoms with Crippen LogP contribution in [0.5, 0.6) is 0 Å². The Morgan fingerprint density at radius 1 is 0.968 bits per heavy atom. The standard InChI is InChI=1S/C24H24ClN3O3/c1-14-7-12-19(13-15(14)2)28-23(30)20(25)21(24(28)31)26-18-10-8-16(9-11-18)22(29)27-17-5-3-4-6-17/h7-13,17,26H,3-6H2,1-2H3,(H,27,29). The Morgan fingerprint density at radius 3 is 2.29 bits per heavy atom. The van der Waals surface area contributed by atoms with E-state index in [2.05, 4.69) is 10.6 Å². The van der Waals surface area contributed by atoms with Crippen molar-refractivity contribution in [1.29, 1.82) is 0 Å². The zero-order chi connectivity index (χ0) is 22.1. The summed E-state index contributed by atoms with van der Waals surface area (Å²) in [6, 6.07) is 12.4. The highest BCUT2D eigenvalue weighted by molar-refractivity contribution is 6.53. The number of amides is 3. The number of halogens is 1. The second kappa shape index (κ2) is 8.55. The molecular formula is C24H24ClN3O3. The third-order valence-corrected chi connectivity index (χ3v) is 6.23. The maximum Gasteiger partial charge on any atom is 0.283 e. The molecule has 0 saturated heterocycles. The second-order valence-corrected chi connectivity index (χ2v) is 8.44. The van der Waals surface area contributed by atoms with Crippen LogP contribution in [0.1, 0.15) is 47.2 Å². The number of rotatable bonds is 5. The van der Waals surface area contributed by atoms with E-state index in [-0.39, 0.29) is 22.7 Å². The zero-order valence-electron chi connectivity index (χ0n) is 17.5. The van der Waals surface area contributed by atoms with Crippen LogP contribution in [0, 0.1) is 13.8 Å². The highest BCUT2D eigenvalue weighted by Crippen LogP contribution is 2.31. The molecule has 1 heterocycles. The summed E-state index contributed by atoms with van der Waals surface area (Å²) in [5.41, 5.74) is 3.65. The molecule has 0 spiro atoms. The van der Waals surface area contributed by atoms with E-state index in [1.54, 1.807) is 36.4 Å². The summed E-state index contributed by atoms with van der Waals surface area (Å²) in [6.07, 6.45) is 4.33. The Balaban J connectivity index is 1.48. The average Bonchev–Trinajstić information content (AvgIpc) is 3.33. The van der Waals surface area contributed by atoms with Crippen molar-refractivity contribution in [3.8, 4) is 0 Å². The molecule has 0 atom stereocenters. The maximum atomic E-state index is 12.9. The molecule has 2 aliphatic rings. The van der Waals surface area contributed by atoms with Crippen molar-refractivity contribution in [1.82, 2.24) is 5.32 Å². The minimum atomic E-state index is -0.565. The van der Waals surface area contributed by atoms with Crippen LogP contribution in [0.25, 0.3) is 0 Å². The number of carbonyl (C=O) groups is 3. The summed E-state index contributed by atoms with van der Waals surface area (Å²) in [7, 11) is 0. The molecule has 0 aromatic heterocycles. The molecule has 1 aliphatic carbocycles. The summed E-state index contributed by atoms with van der Waals surface area (Å²) >= 11 is 6.21. The minimum Gasteiger partial charge on any atom is -0.350 e. The fourth-order valence-corrected chi connectivity index (χ4v) is 4.11. The van der Waals surface area contributed by atoms with Crippen LogP contribution in [0.4, 0.5) is 11.4 Å². The molecule has 0 bridgehead atoms. The highest BCUT2D eigenvalue weighted by Gasteiger charge is 2.39. The molecule has 2 N–H and O–H groups in total. The topological polar surface area (TPSA) is 78.5 Å². The van der Waals surface area contributed by atoms with E-state index in [1.165, 1.54) is 0 Å². The molecule has 1 saturated carbocycles. The molecule has 0 radical (unpaired) electrons. The first-order valence-corrected chi connectivity index (χ1v) is 10.8. The van der Waals surface area contributed by atoms with Crippen LogP contribution in [-0.4, -0.2) is 23.8 Å². The zero-order valence-corrected chi connectivity index (χ0v) is 18.3. The van der Waals surface area contributed by atoms with Gasteiger partial charge in [0.1, 0.15) is 10.7 Å². The molecule has 2 aromatic carbocycles. The number of hydrogen-bond donors (Lipinski definition) is 2. The fraction of sp³-hybridized carbons (Fsp3) is 0.292. The summed E-state index contributed by atoms with van der Waals surface area (Å²) in [5, 5.41) is 5.82. The Bertz CT molecular complexity index is 1090. The van der Waals surface area contributed by atoms with E-state index < -0.39 is 11.8 Å². The van der Waals surface area contributed by atoms with Gasteiger partial charge in [0, 0.05) is 17.3 Å². The number of imide groups is 1. The molecule has 3 amide bonds. The Labute approximate surface area is 186 Å². The number of anilines is 2. The van der Waals surface area contributed by atoms with Crippen molar-refractivity contribution in [2.45, 2.75) is 45.6 Å². The van der Waals surface area contributed by atoms with Crippen molar-refractivity contribution in [3.05, 3.63) is 69.9 Å². The molecule has 160 valence electrons. The average molecular weight is 438 g/mol. The van der Waals surface area contributed by atoms with Crippen LogP contribution in [0.2, 0.25) is 0 Å². The first-order valence-electron chi connectivity index (χ1n) is 10.4. The van der Waals surface area contributed by atoms with Gasteiger partial charge in [0.2, 0.25) is 0 Å². The van der Waals surface area contributed by atoms with Crippen LogP contribution in [-0.2, 0) is 9.59 Å². The molecular weight excluding hydrogens is 414 g/mol. The molecule has 0 unspecified atom stereocenters. The van der Waals surface area contributed by atoms with E-state index >= 15 is 0 Å². The van der Waals surface area contributed by atoms with Crippen LogP contribution in [0.3, 0.4) is 0 Å². The Kier molecular flexibility index (Phi) is 5.83. The molecule has 4 rings (SSSR count). The van der Waals surface area contributed by atoms with Gasteiger partial charge in [0.05, 0.1) is 5.69 Å². The lowest BCUT2D eigenvalue weighted by Crippen LogP contribution is -2.32. The lowest BCUT2D eigenvalue weighted by Gasteiger charge is -2.16. The van der Waals surface area contributed by atoms with Crippen molar-refractivity contribution in [2.75, 3.05) is 10.2 Å². The molecule has 6 nitrogen and oxygen atoms in total. The summed E-state index contributed by atoms with van der Waals surface area (Å²) in [6.45, 7) is 3.88. The van der Waals surface area contributed by atoms with Crippen molar-refractivity contribution in [3.63, 3.8) is 0 Å². The van der Waals surface area contributed by atoms with Crippen LogP contribution in [0.15, 0.2) is 53.2 Å². The summed E-state index contributed by atoms with van der Waals surface area (Å²) < 4.78 is 0. The van der Waals surface area contributed by atoms with Gasteiger partial charge in [-0.2, -0.15) is 0 Å². The third-order valence-electron chi connectivity index (χ3n) is 5.88. The predicted molar refractivity (Wildman–Crippen MR) is 121 cm³/mol. The number of carbonyl (C=O) groups excluding carboxylic acids is 3. The number of benzene rings is 2. The normalized spacial score (nSPS) is 16.9. The highest BCUT2D eigenvalue weighted by atomic mass is 35.5. The maximum absolute atomic E-state index is 12.9. The lowest BCUT2D eigenvalue weighted by atomic mass is 10.1. The van der Waals surface area contributed by atoms with Gasteiger partial charge < -0.3 is 10.6 Å². The van der Waals surface area contributed by atoms with Gasteiger partial charge >= 0.3 is 0 Å². The molecule has 1 aliphatic heterocycles. The van der Waals surface area contributed by atoms with Gasteiger partial charge in [-0.15, -0.1) is 0 Å². The van der Waals surface area contributed by atoms with Gasteiger partial charge in [-0.05, 0) is 74.2 Å². The van der Waals surface area contributed by atoms with Gasteiger partial charge in [0.15, 0.2) is 0 Å². The predicted octanol–water partition coefficient (Wildman–Crippen LogP) is 4.41. The van der Waals surface area contributed by atoms with Crippen molar-refractivity contribution < 1.29 is 14.4 Å². The van der Waals surface area contributed by atoms with Crippen molar-refractivity contribution in [2.24, 2.45) is 0 Å². The molecule has 31 heavy (non-hydrogen) atoms. The monoisotopic (exact) mass is 437 g/mol. The number of aryl methyl sites for hydroxylation is 2. The SMILES string of the molecule is Cc1ccc(N2C(=O)C(Cl)=C(Nc3ccc(C(=O)NC4CCCC4)cc3)C2=O)cc1C. The van der Waals surface area contributed by atoms with Crippen molar-refractivity contribution >= 4 is 40.7 Å². The third kappa shape index (κ3) is 4.21. The summed E-state index contributed by atoms with van der Waals surface area (Å²) in [5.74, 6) is -1.19. The lowest BCUT2D eigenvalue weighted by molar-refractivity contribution is -0.120. The molecule has 7 heteroatoms. The molecule has 1 fully saturated rings. The number of hydrogen-bond acceptors (Lipinski definition) is 4. The van der Waals surface area contributed by atoms with Crippen LogP contribution < -0.4 is 15.5 Å². The van der Waals surface area contributed by atoms with Gasteiger partial charge in [-0.3, -0.25) is 14.4 Å².